The number of halogens is 3. The second-order valence-corrected chi connectivity index (χ2v) is 4.74. The molecule has 1 rings (SSSR count). The van der Waals surface area contributed by atoms with Crippen molar-refractivity contribution in [2.75, 3.05) is 6.61 Å². The molecule has 0 aliphatic rings. The molecule has 124 valence electrons. The number of hydrogen-bond donors (Lipinski definition) is 3. The maximum absolute atomic E-state index is 12.1. The molecule has 8 heteroatoms. The third kappa shape index (κ3) is 6.21. The quantitative estimate of drug-likeness (QED) is 0.755. The number of amides is 2. The summed E-state index contributed by atoms with van der Waals surface area (Å²) in [6, 6.07) is 4.04. The number of carbonyl (C=O) groups is 1. The number of benzene rings is 1. The van der Waals surface area contributed by atoms with Gasteiger partial charge in [-0.05, 0) is 31.0 Å². The summed E-state index contributed by atoms with van der Waals surface area (Å²) >= 11 is 0. The van der Waals surface area contributed by atoms with Crippen LogP contribution >= 0.6 is 0 Å². The Morgan fingerprint density at radius 2 is 1.86 bits per heavy atom. The molecule has 0 bridgehead atoms. The van der Waals surface area contributed by atoms with Gasteiger partial charge >= 0.3 is 12.4 Å². The van der Waals surface area contributed by atoms with Gasteiger partial charge in [0.1, 0.15) is 5.75 Å². The van der Waals surface area contributed by atoms with E-state index in [4.69, 9.17) is 5.11 Å². The Kier molecular flexibility index (Phi) is 6.48. The van der Waals surface area contributed by atoms with Crippen LogP contribution in [-0.4, -0.2) is 30.1 Å². The Hall–Kier alpha value is -1.96. The average Bonchev–Trinajstić information content (AvgIpc) is 2.43. The minimum absolute atomic E-state index is 0.165. The molecule has 5 nitrogen and oxygen atoms in total. The lowest BCUT2D eigenvalue weighted by Gasteiger charge is -2.19. The number of nitrogens with one attached hydrogen (secondary N) is 2. The monoisotopic (exact) mass is 320 g/mol. The molecule has 0 aromatic heterocycles. The number of hydrogen-bond acceptors (Lipinski definition) is 3. The van der Waals surface area contributed by atoms with Crippen molar-refractivity contribution in [1.29, 1.82) is 0 Å². The molecule has 0 fully saturated rings. The highest BCUT2D eigenvalue weighted by molar-refractivity contribution is 5.74. The van der Waals surface area contributed by atoms with Gasteiger partial charge in [0.15, 0.2) is 0 Å². The number of aliphatic hydroxyl groups excluding tert-OH is 1. The molecular weight excluding hydrogens is 301 g/mol. The SMILES string of the molecule is CCC(CO)NC(=O)NC(C)c1ccc(OC(F)(F)F)cc1. The van der Waals surface area contributed by atoms with Crippen molar-refractivity contribution in [2.24, 2.45) is 0 Å². The van der Waals surface area contributed by atoms with Crippen molar-refractivity contribution in [3.63, 3.8) is 0 Å². The Bertz CT molecular complexity index is 473. The van der Waals surface area contributed by atoms with Crippen molar-refractivity contribution in [1.82, 2.24) is 10.6 Å². The summed E-state index contributed by atoms with van der Waals surface area (Å²) in [4.78, 5) is 11.7. The molecule has 2 unspecified atom stereocenters. The van der Waals surface area contributed by atoms with Crippen molar-refractivity contribution in [3.05, 3.63) is 29.8 Å². The van der Waals surface area contributed by atoms with Crippen molar-refractivity contribution >= 4 is 6.03 Å². The van der Waals surface area contributed by atoms with Gasteiger partial charge in [-0.3, -0.25) is 0 Å². The van der Waals surface area contributed by atoms with Crippen molar-refractivity contribution in [3.8, 4) is 5.75 Å². The van der Waals surface area contributed by atoms with Gasteiger partial charge in [0.25, 0.3) is 0 Å². The maximum atomic E-state index is 12.1. The summed E-state index contributed by atoms with van der Waals surface area (Å²) in [5, 5.41) is 14.2. The van der Waals surface area contributed by atoms with E-state index in [1.807, 2.05) is 6.92 Å². The summed E-state index contributed by atoms with van der Waals surface area (Å²) in [6.45, 7) is 3.35. The van der Waals surface area contributed by atoms with Crippen LogP contribution in [-0.2, 0) is 0 Å². The molecule has 0 radical (unpaired) electrons. The van der Waals surface area contributed by atoms with Gasteiger partial charge in [-0.15, -0.1) is 13.2 Å². The van der Waals surface area contributed by atoms with Gasteiger partial charge in [-0.25, -0.2) is 4.79 Å². The van der Waals surface area contributed by atoms with E-state index in [0.717, 1.165) is 0 Å². The van der Waals surface area contributed by atoms with Crippen molar-refractivity contribution in [2.45, 2.75) is 38.7 Å². The van der Waals surface area contributed by atoms with Gasteiger partial charge in [0.2, 0.25) is 0 Å². The average molecular weight is 320 g/mol. The highest BCUT2D eigenvalue weighted by Crippen LogP contribution is 2.24. The topological polar surface area (TPSA) is 70.6 Å². The standard InChI is InChI=1S/C14H19F3N2O3/c1-3-11(8-20)19-13(21)18-9(2)10-4-6-12(7-5-10)22-14(15,16)17/h4-7,9,11,20H,3,8H2,1-2H3,(H2,18,19,21). The van der Waals surface area contributed by atoms with Gasteiger partial charge < -0.3 is 20.5 Å². The highest BCUT2D eigenvalue weighted by atomic mass is 19.4. The van der Waals surface area contributed by atoms with E-state index in [0.29, 0.717) is 12.0 Å². The number of ether oxygens (including phenoxy) is 1. The molecule has 2 amide bonds. The molecule has 0 heterocycles. The first-order valence-corrected chi connectivity index (χ1v) is 6.78. The largest absolute Gasteiger partial charge is 0.573 e. The molecule has 0 aliphatic heterocycles. The predicted molar refractivity (Wildman–Crippen MR) is 74.4 cm³/mol. The van der Waals surface area contributed by atoms with Gasteiger partial charge in [-0.2, -0.15) is 0 Å². The zero-order valence-electron chi connectivity index (χ0n) is 12.3. The minimum atomic E-state index is -4.73. The van der Waals surface area contributed by atoms with E-state index in [-0.39, 0.29) is 18.4 Å². The summed E-state index contributed by atoms with van der Waals surface area (Å²) in [7, 11) is 0. The van der Waals surface area contributed by atoms with Gasteiger partial charge in [0.05, 0.1) is 18.7 Å². The van der Waals surface area contributed by atoms with Crippen LogP contribution in [0.5, 0.6) is 5.75 Å². The molecule has 2 atom stereocenters. The van der Waals surface area contributed by atoms with Crippen LogP contribution in [0.3, 0.4) is 0 Å². The Morgan fingerprint density at radius 3 is 2.32 bits per heavy atom. The predicted octanol–water partition coefficient (Wildman–Crippen LogP) is 2.72. The van der Waals surface area contributed by atoms with Crippen LogP contribution in [0.2, 0.25) is 0 Å². The fourth-order valence-corrected chi connectivity index (χ4v) is 1.74. The first kappa shape index (κ1) is 18.1. The third-order valence-electron chi connectivity index (χ3n) is 3.01. The first-order valence-electron chi connectivity index (χ1n) is 6.78. The normalized spacial score (nSPS) is 14.1. The lowest BCUT2D eigenvalue weighted by Crippen LogP contribution is -2.44. The molecule has 22 heavy (non-hydrogen) atoms. The second-order valence-electron chi connectivity index (χ2n) is 4.74. The number of carbonyl (C=O) groups excluding carboxylic acids is 1. The van der Waals surface area contributed by atoms with Gasteiger partial charge in [-0.1, -0.05) is 19.1 Å². The van der Waals surface area contributed by atoms with Gasteiger partial charge in [0, 0.05) is 0 Å². The van der Waals surface area contributed by atoms with Crippen LogP contribution in [0.25, 0.3) is 0 Å². The fraction of sp³-hybridized carbons (Fsp3) is 0.500. The first-order chi connectivity index (χ1) is 10.2. The highest BCUT2D eigenvalue weighted by Gasteiger charge is 2.31. The molecular formula is C14H19F3N2O3. The summed E-state index contributed by atoms with van der Waals surface area (Å²) in [6.07, 6.45) is -4.15. The number of urea groups is 1. The molecule has 1 aromatic rings. The number of alkyl halides is 3. The van der Waals surface area contributed by atoms with Crippen molar-refractivity contribution < 1.29 is 27.8 Å². The fourth-order valence-electron chi connectivity index (χ4n) is 1.74. The second kappa shape index (κ2) is 7.88. The van der Waals surface area contributed by atoms with E-state index in [1.54, 1.807) is 6.92 Å². The van der Waals surface area contributed by atoms with Crippen LogP contribution in [0, 0.1) is 0 Å². The summed E-state index contributed by atoms with van der Waals surface area (Å²) in [5.74, 6) is -0.320. The van der Waals surface area contributed by atoms with Crippen LogP contribution in [0.1, 0.15) is 31.9 Å². The number of rotatable bonds is 6. The minimum Gasteiger partial charge on any atom is -0.406 e. The Balaban J connectivity index is 2.58. The lowest BCUT2D eigenvalue weighted by atomic mass is 10.1. The van der Waals surface area contributed by atoms with E-state index in [1.165, 1.54) is 24.3 Å². The van der Waals surface area contributed by atoms with E-state index >= 15 is 0 Å². The zero-order chi connectivity index (χ0) is 16.8. The van der Waals surface area contributed by atoms with E-state index < -0.39 is 18.4 Å². The third-order valence-corrected chi connectivity index (χ3v) is 3.01. The molecule has 0 aliphatic carbocycles. The van der Waals surface area contributed by atoms with E-state index in [2.05, 4.69) is 15.4 Å². The summed E-state index contributed by atoms with van der Waals surface area (Å²) in [5.41, 5.74) is 0.627. The summed E-state index contributed by atoms with van der Waals surface area (Å²) < 4.78 is 39.9. The van der Waals surface area contributed by atoms with Crippen LogP contribution < -0.4 is 15.4 Å². The number of aliphatic hydroxyl groups is 1. The van der Waals surface area contributed by atoms with Crippen LogP contribution in [0.15, 0.2) is 24.3 Å². The Morgan fingerprint density at radius 1 is 1.27 bits per heavy atom. The Labute approximate surface area is 126 Å². The lowest BCUT2D eigenvalue weighted by molar-refractivity contribution is -0.274. The molecule has 3 N–H and O–H groups in total. The van der Waals surface area contributed by atoms with E-state index in [9.17, 15) is 18.0 Å². The molecule has 0 spiro atoms. The van der Waals surface area contributed by atoms with Crippen LogP contribution in [0.4, 0.5) is 18.0 Å². The smallest absolute Gasteiger partial charge is 0.406 e. The maximum Gasteiger partial charge on any atom is 0.573 e. The molecule has 0 saturated heterocycles. The molecule has 1 aromatic carbocycles. The molecule has 0 saturated carbocycles. The zero-order valence-corrected chi connectivity index (χ0v) is 12.3.